The quantitative estimate of drug-likeness (QED) is 0.872. The van der Waals surface area contributed by atoms with Gasteiger partial charge in [0.2, 0.25) is 0 Å². The summed E-state index contributed by atoms with van der Waals surface area (Å²) in [7, 11) is 0. The maximum atomic E-state index is 5.50. The zero-order valence-electron chi connectivity index (χ0n) is 10.3. The molecule has 0 saturated heterocycles. The highest BCUT2D eigenvalue weighted by molar-refractivity contribution is 5.36. The Bertz CT molecular complexity index is 488. The third-order valence-corrected chi connectivity index (χ3v) is 2.74. The van der Waals surface area contributed by atoms with Crippen LogP contribution >= 0.6 is 0 Å². The summed E-state index contributed by atoms with van der Waals surface area (Å²) >= 11 is 0. The summed E-state index contributed by atoms with van der Waals surface area (Å²) in [6.45, 7) is 4.96. The first-order chi connectivity index (χ1) is 8.20. The fourth-order valence-corrected chi connectivity index (χ4v) is 1.71. The average molecular weight is 230 g/mol. The van der Waals surface area contributed by atoms with E-state index in [1.165, 1.54) is 5.56 Å². The van der Waals surface area contributed by atoms with Crippen molar-refractivity contribution in [2.75, 3.05) is 6.54 Å². The third kappa shape index (κ3) is 2.71. The Labute approximate surface area is 101 Å². The minimum Gasteiger partial charge on any atom is -0.330 e. The molecule has 1 aromatic heterocycles. The molecule has 0 spiro atoms. The van der Waals surface area contributed by atoms with Gasteiger partial charge in [0.15, 0.2) is 0 Å². The lowest BCUT2D eigenvalue weighted by Crippen LogP contribution is -2.02. The standard InChI is InChI=1S/C13H18N4/c1-10(2)11-4-3-5-13(8-11)17-9-12(6-7-14)15-16-17/h3-5,8-10H,6-7,14H2,1-2H3. The highest BCUT2D eigenvalue weighted by Crippen LogP contribution is 2.17. The van der Waals surface area contributed by atoms with Gasteiger partial charge < -0.3 is 5.73 Å². The molecule has 0 aliphatic heterocycles. The molecule has 1 heterocycles. The lowest BCUT2D eigenvalue weighted by molar-refractivity contribution is 0.789. The van der Waals surface area contributed by atoms with Crippen LogP contribution in [0.2, 0.25) is 0 Å². The Morgan fingerprint density at radius 1 is 1.35 bits per heavy atom. The zero-order chi connectivity index (χ0) is 12.3. The molecule has 0 atom stereocenters. The molecule has 2 rings (SSSR count). The summed E-state index contributed by atoms with van der Waals surface area (Å²) in [5.41, 5.74) is 8.78. The minimum absolute atomic E-state index is 0.516. The molecule has 2 aromatic rings. The van der Waals surface area contributed by atoms with Gasteiger partial charge in [-0.1, -0.05) is 31.2 Å². The largest absolute Gasteiger partial charge is 0.330 e. The Hall–Kier alpha value is -1.68. The molecule has 0 radical (unpaired) electrons. The third-order valence-electron chi connectivity index (χ3n) is 2.74. The van der Waals surface area contributed by atoms with Crippen molar-refractivity contribution in [1.82, 2.24) is 15.0 Å². The van der Waals surface area contributed by atoms with E-state index in [4.69, 9.17) is 5.73 Å². The number of hydrogen-bond donors (Lipinski definition) is 1. The van der Waals surface area contributed by atoms with Crippen molar-refractivity contribution in [3.63, 3.8) is 0 Å². The van der Waals surface area contributed by atoms with Crippen molar-refractivity contribution >= 4 is 0 Å². The van der Waals surface area contributed by atoms with Gasteiger partial charge in [-0.2, -0.15) is 0 Å². The van der Waals surface area contributed by atoms with Gasteiger partial charge in [0.05, 0.1) is 17.6 Å². The van der Waals surface area contributed by atoms with Crippen molar-refractivity contribution in [2.45, 2.75) is 26.2 Å². The van der Waals surface area contributed by atoms with Crippen LogP contribution in [-0.2, 0) is 6.42 Å². The van der Waals surface area contributed by atoms with Crippen molar-refractivity contribution < 1.29 is 0 Å². The molecule has 0 saturated carbocycles. The van der Waals surface area contributed by atoms with E-state index >= 15 is 0 Å². The van der Waals surface area contributed by atoms with Crippen molar-refractivity contribution in [1.29, 1.82) is 0 Å². The first-order valence-corrected chi connectivity index (χ1v) is 5.92. The SMILES string of the molecule is CC(C)c1cccc(-n2cc(CCN)nn2)c1. The maximum absolute atomic E-state index is 5.50. The van der Waals surface area contributed by atoms with Crippen LogP contribution in [0.5, 0.6) is 0 Å². The molecule has 0 amide bonds. The Kier molecular flexibility index (Phi) is 3.54. The highest BCUT2D eigenvalue weighted by Gasteiger charge is 2.04. The topological polar surface area (TPSA) is 56.7 Å². The lowest BCUT2D eigenvalue weighted by Gasteiger charge is -2.07. The number of rotatable bonds is 4. The van der Waals surface area contributed by atoms with Crippen LogP contribution in [0.25, 0.3) is 5.69 Å². The second-order valence-corrected chi connectivity index (χ2v) is 4.44. The normalized spacial score (nSPS) is 11.1. The van der Waals surface area contributed by atoms with E-state index in [0.717, 1.165) is 17.8 Å². The van der Waals surface area contributed by atoms with Gasteiger partial charge in [-0.05, 0) is 30.2 Å². The molecule has 0 unspecified atom stereocenters. The summed E-state index contributed by atoms with van der Waals surface area (Å²) in [4.78, 5) is 0. The number of aromatic nitrogens is 3. The second kappa shape index (κ2) is 5.10. The maximum Gasteiger partial charge on any atom is 0.0844 e. The summed E-state index contributed by atoms with van der Waals surface area (Å²) < 4.78 is 1.80. The predicted molar refractivity (Wildman–Crippen MR) is 68.2 cm³/mol. The van der Waals surface area contributed by atoms with Gasteiger partial charge in [-0.15, -0.1) is 5.10 Å². The van der Waals surface area contributed by atoms with Crippen LogP contribution in [0.15, 0.2) is 30.5 Å². The van der Waals surface area contributed by atoms with Gasteiger partial charge >= 0.3 is 0 Å². The Balaban J connectivity index is 2.28. The molecular weight excluding hydrogens is 212 g/mol. The van der Waals surface area contributed by atoms with Gasteiger partial charge in [0.25, 0.3) is 0 Å². The van der Waals surface area contributed by atoms with E-state index in [1.54, 1.807) is 4.68 Å². The predicted octanol–water partition coefficient (Wildman–Crippen LogP) is 1.89. The van der Waals surface area contributed by atoms with Gasteiger partial charge in [0, 0.05) is 6.42 Å². The van der Waals surface area contributed by atoms with Crippen molar-refractivity contribution in [3.8, 4) is 5.69 Å². The minimum atomic E-state index is 0.516. The summed E-state index contributed by atoms with van der Waals surface area (Å²) in [6, 6.07) is 8.36. The molecule has 0 aliphatic carbocycles. The summed E-state index contributed by atoms with van der Waals surface area (Å²) in [5.74, 6) is 0.516. The van der Waals surface area contributed by atoms with E-state index in [2.05, 4.69) is 42.4 Å². The zero-order valence-corrected chi connectivity index (χ0v) is 10.3. The molecule has 4 nitrogen and oxygen atoms in total. The highest BCUT2D eigenvalue weighted by atomic mass is 15.4. The van der Waals surface area contributed by atoms with E-state index in [1.807, 2.05) is 12.3 Å². The molecule has 2 N–H and O–H groups in total. The molecule has 4 heteroatoms. The van der Waals surface area contributed by atoms with E-state index in [-0.39, 0.29) is 0 Å². The second-order valence-electron chi connectivity index (χ2n) is 4.44. The lowest BCUT2D eigenvalue weighted by atomic mass is 10.0. The number of nitrogens with zero attached hydrogens (tertiary/aromatic N) is 3. The molecule has 0 fully saturated rings. The number of nitrogens with two attached hydrogens (primary N) is 1. The van der Waals surface area contributed by atoms with Gasteiger partial charge in [0.1, 0.15) is 0 Å². The van der Waals surface area contributed by atoms with Crippen LogP contribution in [-0.4, -0.2) is 21.5 Å². The molecular formula is C13H18N4. The summed E-state index contributed by atoms with van der Waals surface area (Å²) in [6.07, 6.45) is 2.70. The van der Waals surface area contributed by atoms with Crippen LogP contribution in [0, 0.1) is 0 Å². The smallest absolute Gasteiger partial charge is 0.0844 e. The molecule has 90 valence electrons. The Morgan fingerprint density at radius 3 is 2.88 bits per heavy atom. The van der Waals surface area contributed by atoms with Gasteiger partial charge in [-0.25, -0.2) is 4.68 Å². The van der Waals surface area contributed by atoms with Crippen LogP contribution in [0.1, 0.15) is 31.0 Å². The fourth-order valence-electron chi connectivity index (χ4n) is 1.71. The van der Waals surface area contributed by atoms with E-state index in [0.29, 0.717) is 12.5 Å². The Morgan fingerprint density at radius 2 is 2.18 bits per heavy atom. The first kappa shape index (κ1) is 11.8. The van der Waals surface area contributed by atoms with Crippen LogP contribution < -0.4 is 5.73 Å². The number of hydrogen-bond acceptors (Lipinski definition) is 3. The molecule has 0 bridgehead atoms. The van der Waals surface area contributed by atoms with Crippen LogP contribution in [0.3, 0.4) is 0 Å². The monoisotopic (exact) mass is 230 g/mol. The molecule has 0 aliphatic rings. The van der Waals surface area contributed by atoms with Gasteiger partial charge in [-0.3, -0.25) is 0 Å². The van der Waals surface area contributed by atoms with Crippen molar-refractivity contribution in [3.05, 3.63) is 41.7 Å². The first-order valence-electron chi connectivity index (χ1n) is 5.92. The fraction of sp³-hybridized carbons (Fsp3) is 0.385. The van der Waals surface area contributed by atoms with Crippen molar-refractivity contribution in [2.24, 2.45) is 5.73 Å². The van der Waals surface area contributed by atoms with E-state index in [9.17, 15) is 0 Å². The molecule has 1 aromatic carbocycles. The van der Waals surface area contributed by atoms with E-state index < -0.39 is 0 Å². The van der Waals surface area contributed by atoms with Crippen LogP contribution in [0.4, 0.5) is 0 Å². The summed E-state index contributed by atoms with van der Waals surface area (Å²) in [5, 5.41) is 8.21. The molecule has 17 heavy (non-hydrogen) atoms. The average Bonchev–Trinajstić information content (AvgIpc) is 2.78. The number of benzene rings is 1.